The molecule has 1 aromatic heterocycles. The van der Waals surface area contributed by atoms with Gasteiger partial charge in [-0.25, -0.2) is 8.78 Å². The summed E-state index contributed by atoms with van der Waals surface area (Å²) in [6.07, 6.45) is 0.726. The summed E-state index contributed by atoms with van der Waals surface area (Å²) in [6.45, 7) is 1.95. The lowest BCUT2D eigenvalue weighted by molar-refractivity contribution is 0.395. The van der Waals surface area contributed by atoms with Crippen LogP contribution in [-0.4, -0.2) is 14.2 Å². The van der Waals surface area contributed by atoms with Gasteiger partial charge < -0.3 is 14.5 Å². The molecule has 0 aliphatic heterocycles. The van der Waals surface area contributed by atoms with E-state index in [0.717, 1.165) is 24.3 Å². The Labute approximate surface area is 116 Å². The van der Waals surface area contributed by atoms with Crippen LogP contribution in [0, 0.1) is 11.6 Å². The minimum absolute atomic E-state index is 0.0784. The molecule has 1 heterocycles. The van der Waals surface area contributed by atoms with Gasteiger partial charge in [0, 0.05) is 24.1 Å². The summed E-state index contributed by atoms with van der Waals surface area (Å²) in [5.41, 5.74) is -0.0784. The molecule has 1 aromatic carbocycles. The fourth-order valence-electron chi connectivity index (χ4n) is 2.12. The summed E-state index contributed by atoms with van der Waals surface area (Å²) in [5, 5.41) is 2.88. The van der Waals surface area contributed by atoms with Gasteiger partial charge >= 0.3 is 0 Å². The molecule has 0 bridgehead atoms. The maximum absolute atomic E-state index is 14.1. The van der Waals surface area contributed by atoms with Crippen LogP contribution in [0.5, 0.6) is 5.75 Å². The second-order valence-electron chi connectivity index (χ2n) is 4.38. The Morgan fingerprint density at radius 2 is 1.90 bits per heavy atom. The molecule has 0 amide bonds. The van der Waals surface area contributed by atoms with Crippen LogP contribution in [0.15, 0.2) is 28.7 Å². The molecule has 2 aromatic rings. The van der Waals surface area contributed by atoms with Crippen molar-refractivity contribution in [3.8, 4) is 5.75 Å². The van der Waals surface area contributed by atoms with Crippen molar-refractivity contribution >= 4 is 0 Å². The third-order valence-electron chi connectivity index (χ3n) is 3.18. The number of ether oxygens (including phenoxy) is 1. The minimum atomic E-state index is -0.679. The Balaban J connectivity index is 2.46. The second kappa shape index (κ2) is 6.05. The quantitative estimate of drug-likeness (QED) is 0.911. The molecule has 1 unspecified atom stereocenters. The molecule has 108 valence electrons. The van der Waals surface area contributed by atoms with E-state index in [0.29, 0.717) is 5.76 Å². The smallest absolute Gasteiger partial charge is 0.135 e. The fourth-order valence-corrected chi connectivity index (χ4v) is 2.12. The molecule has 0 fully saturated rings. The minimum Gasteiger partial charge on any atom is -0.497 e. The number of furan rings is 1. The first kappa shape index (κ1) is 14.5. The molecule has 0 saturated carbocycles. The van der Waals surface area contributed by atoms with Gasteiger partial charge in [-0.15, -0.1) is 0 Å². The van der Waals surface area contributed by atoms with Crippen LogP contribution in [0.3, 0.4) is 0 Å². The van der Waals surface area contributed by atoms with E-state index in [4.69, 9.17) is 9.15 Å². The van der Waals surface area contributed by atoms with Gasteiger partial charge in [-0.05, 0) is 19.2 Å². The molecule has 0 aliphatic rings. The first-order chi connectivity index (χ1) is 9.60. The Bertz CT molecular complexity index is 572. The Kier molecular flexibility index (Phi) is 4.39. The number of rotatable bonds is 5. The highest BCUT2D eigenvalue weighted by Gasteiger charge is 2.24. The zero-order valence-electron chi connectivity index (χ0n) is 11.7. The van der Waals surface area contributed by atoms with Crippen molar-refractivity contribution < 1.29 is 17.9 Å². The molecular weight excluding hydrogens is 264 g/mol. The maximum atomic E-state index is 14.1. The van der Waals surface area contributed by atoms with Crippen molar-refractivity contribution in [2.45, 2.75) is 19.4 Å². The number of hydrogen-bond acceptors (Lipinski definition) is 3. The van der Waals surface area contributed by atoms with Crippen LogP contribution >= 0.6 is 0 Å². The van der Waals surface area contributed by atoms with Crippen molar-refractivity contribution in [2.24, 2.45) is 0 Å². The van der Waals surface area contributed by atoms with E-state index in [-0.39, 0.29) is 11.3 Å². The standard InChI is InChI=1S/C15H17F2NO2/c1-4-9-5-6-13(20-9)15(18-2)14-11(16)7-10(19-3)8-12(14)17/h5-8,15,18H,4H2,1-3H3. The maximum Gasteiger partial charge on any atom is 0.135 e. The van der Waals surface area contributed by atoms with Crippen molar-refractivity contribution in [1.29, 1.82) is 0 Å². The summed E-state index contributed by atoms with van der Waals surface area (Å²) >= 11 is 0. The molecule has 0 aliphatic carbocycles. The molecule has 1 N–H and O–H groups in total. The van der Waals surface area contributed by atoms with Gasteiger partial charge in [0.05, 0.1) is 13.2 Å². The van der Waals surface area contributed by atoms with E-state index in [1.54, 1.807) is 19.2 Å². The fraction of sp³-hybridized carbons (Fsp3) is 0.333. The molecule has 2 rings (SSSR count). The number of halogens is 2. The number of hydrogen-bond donors (Lipinski definition) is 1. The molecule has 20 heavy (non-hydrogen) atoms. The monoisotopic (exact) mass is 281 g/mol. The lowest BCUT2D eigenvalue weighted by Gasteiger charge is -2.16. The lowest BCUT2D eigenvalue weighted by Crippen LogP contribution is -2.20. The van der Waals surface area contributed by atoms with E-state index in [9.17, 15) is 8.78 Å². The molecule has 0 radical (unpaired) electrons. The zero-order valence-corrected chi connectivity index (χ0v) is 11.7. The van der Waals surface area contributed by atoms with Gasteiger partial charge in [-0.1, -0.05) is 6.92 Å². The average Bonchev–Trinajstić information content (AvgIpc) is 2.91. The van der Waals surface area contributed by atoms with Gasteiger partial charge in [0.15, 0.2) is 0 Å². The summed E-state index contributed by atoms with van der Waals surface area (Å²) in [6, 6.07) is 5.17. The van der Waals surface area contributed by atoms with Crippen LogP contribution < -0.4 is 10.1 Å². The molecule has 0 spiro atoms. The summed E-state index contributed by atoms with van der Waals surface area (Å²) in [4.78, 5) is 0. The van der Waals surface area contributed by atoms with Gasteiger partial charge in [0.2, 0.25) is 0 Å². The topological polar surface area (TPSA) is 34.4 Å². The number of methoxy groups -OCH3 is 1. The lowest BCUT2D eigenvalue weighted by atomic mass is 10.0. The highest BCUT2D eigenvalue weighted by atomic mass is 19.1. The normalized spacial score (nSPS) is 12.4. The van der Waals surface area contributed by atoms with Crippen molar-refractivity contribution in [3.63, 3.8) is 0 Å². The van der Waals surface area contributed by atoms with E-state index in [1.165, 1.54) is 7.11 Å². The molecule has 3 nitrogen and oxygen atoms in total. The Morgan fingerprint density at radius 1 is 1.25 bits per heavy atom. The SMILES string of the molecule is CCc1ccc(C(NC)c2c(F)cc(OC)cc2F)o1. The van der Waals surface area contributed by atoms with Crippen molar-refractivity contribution in [2.75, 3.05) is 14.2 Å². The van der Waals surface area contributed by atoms with E-state index >= 15 is 0 Å². The van der Waals surface area contributed by atoms with Gasteiger partial charge in [-0.2, -0.15) is 0 Å². The Hall–Kier alpha value is -1.88. The predicted molar refractivity (Wildman–Crippen MR) is 71.9 cm³/mol. The van der Waals surface area contributed by atoms with Gasteiger partial charge in [0.25, 0.3) is 0 Å². The van der Waals surface area contributed by atoms with Gasteiger partial charge in [-0.3, -0.25) is 0 Å². The highest BCUT2D eigenvalue weighted by molar-refractivity contribution is 5.36. The average molecular weight is 281 g/mol. The van der Waals surface area contributed by atoms with E-state index < -0.39 is 17.7 Å². The van der Waals surface area contributed by atoms with Crippen LogP contribution in [0.1, 0.15) is 30.0 Å². The van der Waals surface area contributed by atoms with Crippen LogP contribution in [0.4, 0.5) is 8.78 Å². The zero-order chi connectivity index (χ0) is 14.7. The van der Waals surface area contributed by atoms with Crippen molar-refractivity contribution in [1.82, 2.24) is 5.32 Å². The predicted octanol–water partition coefficient (Wildman–Crippen LogP) is 3.44. The first-order valence-corrected chi connectivity index (χ1v) is 6.39. The number of nitrogens with one attached hydrogen (secondary N) is 1. The first-order valence-electron chi connectivity index (χ1n) is 6.39. The van der Waals surface area contributed by atoms with Crippen molar-refractivity contribution in [3.05, 3.63) is 53.0 Å². The van der Waals surface area contributed by atoms with Crippen LogP contribution in [-0.2, 0) is 6.42 Å². The van der Waals surface area contributed by atoms with E-state index in [2.05, 4.69) is 5.32 Å². The summed E-state index contributed by atoms with van der Waals surface area (Å²) in [7, 11) is 2.99. The molecular formula is C15H17F2NO2. The Morgan fingerprint density at radius 3 is 2.35 bits per heavy atom. The van der Waals surface area contributed by atoms with Crippen LogP contribution in [0.25, 0.3) is 0 Å². The molecule has 5 heteroatoms. The highest BCUT2D eigenvalue weighted by Crippen LogP contribution is 2.30. The van der Waals surface area contributed by atoms with Crippen LogP contribution in [0.2, 0.25) is 0 Å². The summed E-state index contributed by atoms with van der Waals surface area (Å²) < 4.78 is 38.6. The van der Waals surface area contributed by atoms with E-state index in [1.807, 2.05) is 6.92 Å². The van der Waals surface area contributed by atoms with Gasteiger partial charge in [0.1, 0.15) is 28.9 Å². The second-order valence-corrected chi connectivity index (χ2v) is 4.38. The largest absolute Gasteiger partial charge is 0.497 e. The summed E-state index contributed by atoms with van der Waals surface area (Å²) in [5.74, 6) is 0.0560. The number of aryl methyl sites for hydroxylation is 1. The third kappa shape index (κ3) is 2.67. The molecule has 1 atom stereocenters. The number of benzene rings is 1. The molecule has 0 saturated heterocycles. The third-order valence-corrected chi connectivity index (χ3v) is 3.18.